The van der Waals surface area contributed by atoms with Gasteiger partial charge in [0.05, 0.1) is 0 Å². The van der Waals surface area contributed by atoms with E-state index >= 15 is 0 Å². The van der Waals surface area contributed by atoms with Crippen molar-refractivity contribution < 1.29 is 14.0 Å². The lowest BCUT2D eigenvalue weighted by atomic mass is 10.00. The summed E-state index contributed by atoms with van der Waals surface area (Å²) in [6.07, 6.45) is 0. The maximum absolute atomic E-state index is 14.8. The molecule has 1 atom stereocenters. The molecule has 2 aromatic carbocycles. The lowest BCUT2D eigenvalue weighted by Crippen LogP contribution is -2.49. The second-order valence-corrected chi connectivity index (χ2v) is 8.65. The molecule has 3 aromatic rings. The van der Waals surface area contributed by atoms with Gasteiger partial charge in [-0.3, -0.25) is 14.5 Å². The number of anilines is 1. The van der Waals surface area contributed by atoms with E-state index < -0.39 is 29.2 Å². The predicted molar refractivity (Wildman–Crippen MR) is 115 cm³/mol. The van der Waals surface area contributed by atoms with Crippen LogP contribution in [0.15, 0.2) is 53.9 Å². The first-order valence-electron chi connectivity index (χ1n) is 9.10. The standard InChI is InChI=1S/C21H20ClFN4O2S/c1-21(2,3)24-19(28)18(15-6-4-5-7-16(15)23)27(14-10-8-13(22)9-11-14)20(29)17-12-30-26-25-17/h4-12,18H,1-3H3,(H,24,28). The van der Waals surface area contributed by atoms with Gasteiger partial charge in [-0.2, -0.15) is 0 Å². The Morgan fingerprint density at radius 2 is 1.80 bits per heavy atom. The average Bonchev–Trinajstić information content (AvgIpc) is 3.21. The third-order valence-corrected chi connectivity index (χ3v) is 4.86. The van der Waals surface area contributed by atoms with E-state index in [1.165, 1.54) is 28.5 Å². The van der Waals surface area contributed by atoms with Crippen LogP contribution in [0.25, 0.3) is 0 Å². The van der Waals surface area contributed by atoms with Crippen LogP contribution in [0.2, 0.25) is 5.02 Å². The molecule has 6 nitrogen and oxygen atoms in total. The van der Waals surface area contributed by atoms with Gasteiger partial charge < -0.3 is 5.32 Å². The molecule has 1 aromatic heterocycles. The number of carbonyl (C=O) groups is 2. The fourth-order valence-corrected chi connectivity index (χ4v) is 3.45. The van der Waals surface area contributed by atoms with Gasteiger partial charge in [-0.25, -0.2) is 4.39 Å². The molecule has 1 heterocycles. The van der Waals surface area contributed by atoms with Gasteiger partial charge in [0.2, 0.25) is 5.91 Å². The van der Waals surface area contributed by atoms with E-state index in [2.05, 4.69) is 14.9 Å². The first-order chi connectivity index (χ1) is 14.2. The third kappa shape index (κ3) is 5.01. The highest BCUT2D eigenvalue weighted by molar-refractivity contribution is 7.03. The fraction of sp³-hybridized carbons (Fsp3) is 0.238. The van der Waals surface area contributed by atoms with Crippen LogP contribution >= 0.6 is 23.1 Å². The van der Waals surface area contributed by atoms with Crippen molar-refractivity contribution in [2.45, 2.75) is 32.4 Å². The van der Waals surface area contributed by atoms with Gasteiger partial charge in [-0.15, -0.1) is 5.10 Å². The zero-order valence-corrected chi connectivity index (χ0v) is 18.2. The van der Waals surface area contributed by atoms with Crippen molar-refractivity contribution in [1.29, 1.82) is 0 Å². The van der Waals surface area contributed by atoms with Gasteiger partial charge in [0.15, 0.2) is 5.69 Å². The Bertz CT molecular complexity index is 1040. The molecule has 0 fully saturated rings. The van der Waals surface area contributed by atoms with Crippen molar-refractivity contribution in [2.75, 3.05) is 4.90 Å². The first kappa shape index (κ1) is 21.9. The van der Waals surface area contributed by atoms with Gasteiger partial charge in [0, 0.05) is 27.2 Å². The molecule has 2 amide bonds. The highest BCUT2D eigenvalue weighted by atomic mass is 35.5. The summed E-state index contributed by atoms with van der Waals surface area (Å²) in [6, 6.07) is 11.0. The van der Waals surface area contributed by atoms with Gasteiger partial charge in [0.25, 0.3) is 5.91 Å². The van der Waals surface area contributed by atoms with Crippen LogP contribution < -0.4 is 10.2 Å². The molecule has 0 radical (unpaired) electrons. The molecule has 0 aliphatic carbocycles. The summed E-state index contributed by atoms with van der Waals surface area (Å²) in [5.41, 5.74) is -0.113. The molecular weight excluding hydrogens is 427 g/mol. The second-order valence-electron chi connectivity index (χ2n) is 7.61. The summed E-state index contributed by atoms with van der Waals surface area (Å²) in [5.74, 6) is -1.71. The molecule has 30 heavy (non-hydrogen) atoms. The van der Waals surface area contributed by atoms with E-state index in [1.54, 1.807) is 30.3 Å². The second kappa shape index (κ2) is 8.89. The minimum atomic E-state index is -1.28. The van der Waals surface area contributed by atoms with Crippen LogP contribution in [0, 0.1) is 5.82 Å². The molecule has 9 heteroatoms. The number of aromatic nitrogens is 2. The quantitative estimate of drug-likeness (QED) is 0.619. The van der Waals surface area contributed by atoms with Gasteiger partial charge in [0.1, 0.15) is 11.9 Å². The van der Waals surface area contributed by atoms with E-state index in [1.807, 2.05) is 20.8 Å². The molecule has 0 saturated carbocycles. The molecule has 0 bridgehead atoms. The number of hydrogen-bond donors (Lipinski definition) is 1. The largest absolute Gasteiger partial charge is 0.349 e. The zero-order chi connectivity index (χ0) is 21.9. The fourth-order valence-electron chi connectivity index (χ4n) is 2.90. The van der Waals surface area contributed by atoms with E-state index in [0.29, 0.717) is 10.7 Å². The van der Waals surface area contributed by atoms with Crippen molar-refractivity contribution >= 4 is 40.6 Å². The minimum absolute atomic E-state index is 0.0554. The summed E-state index contributed by atoms with van der Waals surface area (Å²) in [6.45, 7) is 5.42. The smallest absolute Gasteiger partial charge is 0.280 e. The topological polar surface area (TPSA) is 75.2 Å². The van der Waals surface area contributed by atoms with Crippen molar-refractivity contribution in [3.05, 3.63) is 76.0 Å². The molecule has 1 unspecified atom stereocenters. The average molecular weight is 447 g/mol. The zero-order valence-electron chi connectivity index (χ0n) is 16.6. The molecule has 0 aliphatic rings. The first-order valence-corrected chi connectivity index (χ1v) is 10.3. The number of rotatable bonds is 5. The Kier molecular flexibility index (Phi) is 6.48. The SMILES string of the molecule is CC(C)(C)NC(=O)C(c1ccccc1F)N(C(=O)c1csnn1)c1ccc(Cl)cc1. The van der Waals surface area contributed by atoms with E-state index in [-0.39, 0.29) is 11.3 Å². The monoisotopic (exact) mass is 446 g/mol. The summed E-state index contributed by atoms with van der Waals surface area (Å²) >= 11 is 7.01. The molecule has 0 aliphatic heterocycles. The van der Waals surface area contributed by atoms with Gasteiger partial charge in [-0.1, -0.05) is 34.3 Å². The van der Waals surface area contributed by atoms with Crippen LogP contribution in [-0.4, -0.2) is 26.9 Å². The van der Waals surface area contributed by atoms with E-state index in [4.69, 9.17) is 11.6 Å². The number of amides is 2. The summed E-state index contributed by atoms with van der Waals surface area (Å²) < 4.78 is 18.5. The lowest BCUT2D eigenvalue weighted by Gasteiger charge is -2.33. The summed E-state index contributed by atoms with van der Waals surface area (Å²) in [4.78, 5) is 27.9. The highest BCUT2D eigenvalue weighted by Gasteiger charge is 2.37. The van der Waals surface area contributed by atoms with Gasteiger partial charge >= 0.3 is 0 Å². The van der Waals surface area contributed by atoms with Crippen molar-refractivity contribution in [1.82, 2.24) is 14.9 Å². The number of benzene rings is 2. The van der Waals surface area contributed by atoms with E-state index in [0.717, 1.165) is 11.5 Å². The van der Waals surface area contributed by atoms with Crippen LogP contribution in [0.3, 0.4) is 0 Å². The molecule has 1 N–H and O–H groups in total. The molecule has 0 saturated heterocycles. The lowest BCUT2D eigenvalue weighted by molar-refractivity contribution is -0.124. The number of halogens is 2. The van der Waals surface area contributed by atoms with Crippen molar-refractivity contribution in [2.24, 2.45) is 0 Å². The Labute approximate surface area is 182 Å². The third-order valence-electron chi connectivity index (χ3n) is 4.11. The van der Waals surface area contributed by atoms with E-state index in [9.17, 15) is 14.0 Å². The predicted octanol–water partition coefficient (Wildman–Crippen LogP) is 4.63. The molecule has 3 rings (SSSR count). The minimum Gasteiger partial charge on any atom is -0.349 e. The van der Waals surface area contributed by atoms with Crippen molar-refractivity contribution in [3.8, 4) is 0 Å². The van der Waals surface area contributed by atoms with Gasteiger partial charge in [-0.05, 0) is 62.6 Å². The number of hydrogen-bond acceptors (Lipinski definition) is 5. The van der Waals surface area contributed by atoms with Crippen LogP contribution in [-0.2, 0) is 4.79 Å². The Morgan fingerprint density at radius 3 is 2.37 bits per heavy atom. The summed E-state index contributed by atoms with van der Waals surface area (Å²) in [7, 11) is 0. The number of carbonyl (C=O) groups excluding carboxylic acids is 2. The van der Waals surface area contributed by atoms with Crippen LogP contribution in [0.1, 0.15) is 42.9 Å². The molecule has 156 valence electrons. The maximum atomic E-state index is 14.8. The van der Waals surface area contributed by atoms with Crippen molar-refractivity contribution in [3.63, 3.8) is 0 Å². The van der Waals surface area contributed by atoms with Crippen LogP contribution in [0.5, 0.6) is 0 Å². The highest BCUT2D eigenvalue weighted by Crippen LogP contribution is 2.32. The maximum Gasteiger partial charge on any atom is 0.280 e. The number of nitrogens with zero attached hydrogens (tertiary/aromatic N) is 3. The Morgan fingerprint density at radius 1 is 1.13 bits per heavy atom. The molecular formula is C21H20ClFN4O2S. The normalized spacial score (nSPS) is 12.3. The Balaban J connectivity index is 2.19. The molecule has 0 spiro atoms. The Hall–Kier alpha value is -2.84. The van der Waals surface area contributed by atoms with Crippen LogP contribution in [0.4, 0.5) is 10.1 Å². The number of nitrogens with one attached hydrogen (secondary N) is 1. The summed E-state index contributed by atoms with van der Waals surface area (Å²) in [5, 5.41) is 8.62.